The minimum Gasteiger partial charge on any atom is -0.401 e. The maximum Gasteiger partial charge on any atom is 0.298 e. The van der Waals surface area contributed by atoms with E-state index in [1.165, 1.54) is 0 Å². The number of aromatic nitrogens is 2. The number of halogens is 1. The van der Waals surface area contributed by atoms with Gasteiger partial charge in [0.2, 0.25) is 0 Å². The molecule has 2 aliphatic heterocycles. The number of likely N-dealkylation sites (tertiary alicyclic amines) is 1. The molecule has 1 atom stereocenters. The highest BCUT2D eigenvalue weighted by Gasteiger charge is 2.52. The first-order chi connectivity index (χ1) is 17.8. The van der Waals surface area contributed by atoms with Crippen LogP contribution in [-0.2, 0) is 16.1 Å². The minimum absolute atomic E-state index is 0.0241. The van der Waals surface area contributed by atoms with Crippen molar-refractivity contribution in [1.29, 1.82) is 0 Å². The topological polar surface area (TPSA) is 120 Å². The number of nitrogens with zero attached hydrogens (tertiary/aromatic N) is 4. The number of aliphatic imine (C=N–C) groups is 1. The molecule has 2 aromatic rings. The monoisotopic (exact) mass is 518 g/mol. The maximum atomic E-state index is 12.6. The Morgan fingerprint density at radius 1 is 1.30 bits per heavy atom. The Hall–Kier alpha value is -3.57. The van der Waals surface area contributed by atoms with E-state index in [1.54, 1.807) is 17.8 Å². The van der Waals surface area contributed by atoms with Gasteiger partial charge >= 0.3 is 0 Å². The Balaban J connectivity index is 1.33. The highest BCUT2D eigenvalue weighted by Crippen LogP contribution is 2.56. The molecule has 1 aromatic carbocycles. The number of carbonyl (C=O) groups excluding carboxylic acids is 2. The van der Waals surface area contributed by atoms with Crippen LogP contribution in [0.3, 0.4) is 0 Å². The summed E-state index contributed by atoms with van der Waals surface area (Å²) in [4.78, 5) is 31.5. The molecule has 5 rings (SSSR count). The van der Waals surface area contributed by atoms with Crippen molar-refractivity contribution in [2.45, 2.75) is 39.2 Å². The lowest BCUT2D eigenvalue weighted by Gasteiger charge is -2.48. The second-order valence-electron chi connectivity index (χ2n) is 10.4. The van der Waals surface area contributed by atoms with E-state index in [1.807, 2.05) is 35.4 Å². The highest BCUT2D eigenvalue weighted by molar-refractivity contribution is 6.30. The SMILES string of the molecule is CC#CC(=O)N1CCC2(CC(C3CCN=C(c4cnn(Cc5cccc(Cl)c5)c4)C(C(N)=O)=C3N)C2)C1. The average Bonchev–Trinajstić information content (AvgIpc) is 3.44. The molecule has 3 aliphatic rings. The number of amides is 2. The number of primary amides is 1. The Kier molecular flexibility index (Phi) is 6.82. The molecular weight excluding hydrogens is 488 g/mol. The second kappa shape index (κ2) is 10.1. The van der Waals surface area contributed by atoms with Gasteiger partial charge in [-0.1, -0.05) is 29.7 Å². The number of hydrogen-bond donors (Lipinski definition) is 2. The zero-order valence-corrected chi connectivity index (χ0v) is 21.7. The van der Waals surface area contributed by atoms with Crippen molar-refractivity contribution in [3.63, 3.8) is 0 Å². The average molecular weight is 519 g/mol. The number of nitrogens with two attached hydrogens (primary N) is 2. The van der Waals surface area contributed by atoms with Gasteiger partial charge in [-0.3, -0.25) is 19.3 Å². The summed E-state index contributed by atoms with van der Waals surface area (Å²) < 4.78 is 1.78. The zero-order valence-electron chi connectivity index (χ0n) is 20.9. The van der Waals surface area contributed by atoms with Crippen molar-refractivity contribution < 1.29 is 9.59 Å². The van der Waals surface area contributed by atoms with Crippen LogP contribution in [0.25, 0.3) is 0 Å². The smallest absolute Gasteiger partial charge is 0.298 e. The number of allylic oxidation sites excluding steroid dienone is 1. The normalized spacial score (nSPS) is 25.2. The van der Waals surface area contributed by atoms with Gasteiger partial charge in [-0.05, 0) is 67.6 Å². The molecule has 8 nitrogen and oxygen atoms in total. The quantitative estimate of drug-likeness (QED) is 0.591. The summed E-state index contributed by atoms with van der Waals surface area (Å²) in [5, 5.41) is 5.13. The van der Waals surface area contributed by atoms with Crippen LogP contribution in [-0.4, -0.2) is 51.8 Å². The van der Waals surface area contributed by atoms with Gasteiger partial charge in [-0.25, -0.2) is 0 Å². The molecule has 37 heavy (non-hydrogen) atoms. The third kappa shape index (κ3) is 5.01. The summed E-state index contributed by atoms with van der Waals surface area (Å²) in [6.07, 6.45) is 7.24. The van der Waals surface area contributed by atoms with Crippen LogP contribution in [0.5, 0.6) is 0 Å². The molecule has 2 fully saturated rings. The Labute approximate surface area is 221 Å². The molecule has 192 valence electrons. The van der Waals surface area contributed by atoms with Crippen LogP contribution in [0, 0.1) is 29.1 Å². The fourth-order valence-corrected chi connectivity index (χ4v) is 6.43. The molecular formula is C28H31ClN6O2. The molecule has 0 radical (unpaired) electrons. The minimum atomic E-state index is -0.574. The van der Waals surface area contributed by atoms with Crippen LogP contribution >= 0.6 is 11.6 Å². The van der Waals surface area contributed by atoms with E-state index >= 15 is 0 Å². The van der Waals surface area contributed by atoms with Gasteiger partial charge in [0.05, 0.1) is 24.0 Å². The first-order valence-corrected chi connectivity index (χ1v) is 13.0. The van der Waals surface area contributed by atoms with Crippen molar-refractivity contribution in [2.24, 2.45) is 33.7 Å². The van der Waals surface area contributed by atoms with Gasteiger partial charge < -0.3 is 16.4 Å². The summed E-state index contributed by atoms with van der Waals surface area (Å²) in [5.41, 5.74) is 15.7. The fourth-order valence-electron chi connectivity index (χ4n) is 6.22. The molecule has 9 heteroatoms. The molecule has 1 spiro atoms. The second-order valence-corrected chi connectivity index (χ2v) is 10.8. The Bertz CT molecular complexity index is 1360. The number of hydrogen-bond acceptors (Lipinski definition) is 5. The summed E-state index contributed by atoms with van der Waals surface area (Å²) in [6, 6.07) is 7.61. The van der Waals surface area contributed by atoms with E-state index in [9.17, 15) is 9.59 Å². The van der Waals surface area contributed by atoms with Crippen molar-refractivity contribution in [1.82, 2.24) is 14.7 Å². The molecule has 1 unspecified atom stereocenters. The number of benzene rings is 1. The lowest BCUT2D eigenvalue weighted by molar-refractivity contribution is -0.125. The largest absolute Gasteiger partial charge is 0.401 e. The summed E-state index contributed by atoms with van der Waals surface area (Å²) in [7, 11) is 0. The molecule has 2 amide bonds. The van der Waals surface area contributed by atoms with Crippen LogP contribution in [0.15, 0.2) is 52.9 Å². The summed E-state index contributed by atoms with van der Waals surface area (Å²) >= 11 is 6.11. The van der Waals surface area contributed by atoms with Gasteiger partial charge in [-0.15, -0.1) is 0 Å². The first-order valence-electron chi connectivity index (χ1n) is 12.6. The molecule has 1 aliphatic carbocycles. The lowest BCUT2D eigenvalue weighted by Crippen LogP contribution is -2.45. The number of carbonyl (C=O) groups is 2. The van der Waals surface area contributed by atoms with Crippen molar-refractivity contribution in [3.8, 4) is 11.8 Å². The van der Waals surface area contributed by atoms with E-state index in [4.69, 9.17) is 28.1 Å². The zero-order chi connectivity index (χ0) is 26.2. The number of rotatable bonds is 5. The third-order valence-electron chi connectivity index (χ3n) is 7.94. The summed E-state index contributed by atoms with van der Waals surface area (Å²) in [5.74, 6) is 5.04. The van der Waals surface area contributed by atoms with Crippen molar-refractivity contribution >= 4 is 29.1 Å². The Morgan fingerprint density at radius 3 is 2.84 bits per heavy atom. The van der Waals surface area contributed by atoms with E-state index in [0.29, 0.717) is 46.6 Å². The van der Waals surface area contributed by atoms with E-state index in [2.05, 4.69) is 16.9 Å². The molecule has 0 bridgehead atoms. The molecule has 3 heterocycles. The van der Waals surface area contributed by atoms with Gasteiger partial charge in [-0.2, -0.15) is 5.10 Å². The fraction of sp³-hybridized carbons (Fsp3) is 0.429. The molecule has 4 N–H and O–H groups in total. The van der Waals surface area contributed by atoms with Crippen LogP contribution < -0.4 is 11.5 Å². The molecule has 1 aromatic heterocycles. The van der Waals surface area contributed by atoms with Crippen molar-refractivity contribution in [2.75, 3.05) is 19.6 Å². The van der Waals surface area contributed by atoms with E-state index in [-0.39, 0.29) is 17.2 Å². The standard InChI is InChI=1S/C28H31ClN6O2/c1-2-4-23(36)34-10-8-28(17-34)12-19(13-28)22-7-9-32-26(24(25(22)30)27(31)37)20-14-33-35(16-20)15-18-5-3-6-21(29)11-18/h3,5-6,11,14,16,19,22H,7-10,12-13,15,17,30H2,1H3,(H2,31,37). The summed E-state index contributed by atoms with van der Waals surface area (Å²) in [6.45, 7) is 4.26. The predicted octanol–water partition coefficient (Wildman–Crippen LogP) is 2.74. The molecule has 1 saturated carbocycles. The maximum absolute atomic E-state index is 12.6. The van der Waals surface area contributed by atoms with Crippen LogP contribution in [0.4, 0.5) is 0 Å². The lowest BCUT2D eigenvalue weighted by atomic mass is 9.56. The third-order valence-corrected chi connectivity index (χ3v) is 8.17. The van der Waals surface area contributed by atoms with E-state index in [0.717, 1.165) is 44.3 Å². The van der Waals surface area contributed by atoms with Gasteiger partial charge in [0.25, 0.3) is 11.8 Å². The highest BCUT2D eigenvalue weighted by atomic mass is 35.5. The first kappa shape index (κ1) is 25.1. The van der Waals surface area contributed by atoms with Crippen molar-refractivity contribution in [3.05, 3.63) is 64.1 Å². The van der Waals surface area contributed by atoms with Crippen LogP contribution in [0.1, 0.15) is 43.7 Å². The van der Waals surface area contributed by atoms with Gasteiger partial charge in [0.15, 0.2) is 0 Å². The Morgan fingerprint density at radius 2 is 2.11 bits per heavy atom. The van der Waals surface area contributed by atoms with E-state index < -0.39 is 5.91 Å². The molecule has 1 saturated heterocycles. The van der Waals surface area contributed by atoms with Gasteiger partial charge in [0, 0.05) is 48.0 Å². The van der Waals surface area contributed by atoms with Gasteiger partial charge in [0.1, 0.15) is 0 Å². The predicted molar refractivity (Wildman–Crippen MR) is 143 cm³/mol. The van der Waals surface area contributed by atoms with Crippen LogP contribution in [0.2, 0.25) is 5.02 Å².